The van der Waals surface area contributed by atoms with Crippen LogP contribution in [-0.4, -0.2) is 29.5 Å². The van der Waals surface area contributed by atoms with Crippen molar-refractivity contribution in [3.8, 4) is 0 Å². The van der Waals surface area contributed by atoms with Crippen molar-refractivity contribution in [1.82, 2.24) is 4.90 Å². The lowest BCUT2D eigenvalue weighted by Crippen LogP contribution is -2.26. The summed E-state index contributed by atoms with van der Waals surface area (Å²) in [5.41, 5.74) is 2.10. The van der Waals surface area contributed by atoms with Crippen molar-refractivity contribution in [2.75, 3.05) is 18.1 Å². The lowest BCUT2D eigenvalue weighted by atomic mass is 10.1. The molecule has 1 N–H and O–H groups in total. The first-order valence-electron chi connectivity index (χ1n) is 7.20. The number of hydrogen-bond acceptors (Lipinski definition) is 3. The first-order chi connectivity index (χ1) is 11.4. The number of benzene rings is 2. The van der Waals surface area contributed by atoms with Gasteiger partial charge in [0, 0.05) is 24.1 Å². The second kappa shape index (κ2) is 7.05. The molecule has 0 aliphatic carbocycles. The largest absolute Gasteiger partial charge is 0.337 e. The van der Waals surface area contributed by atoms with Gasteiger partial charge >= 0.3 is 0 Å². The maximum absolute atomic E-state index is 12.6. The Morgan fingerprint density at radius 1 is 1.21 bits per heavy atom. The van der Waals surface area contributed by atoms with E-state index in [1.807, 2.05) is 12.1 Å². The van der Waals surface area contributed by atoms with Crippen LogP contribution in [0.25, 0.3) is 0 Å². The third-order valence-corrected chi connectivity index (χ3v) is 5.42. The molecule has 3 rings (SSSR count). The quantitative estimate of drug-likeness (QED) is 0.862. The molecule has 0 unspecified atom stereocenters. The molecule has 0 saturated carbocycles. The summed E-state index contributed by atoms with van der Waals surface area (Å²) in [5, 5.41) is 3.74. The maximum Gasteiger partial charge on any atom is 0.253 e. The molecular formula is C17H14Cl2N2O2S. The summed E-state index contributed by atoms with van der Waals surface area (Å²) in [4.78, 5) is 26.7. The highest BCUT2D eigenvalue weighted by atomic mass is 35.5. The van der Waals surface area contributed by atoms with Crippen LogP contribution in [0.3, 0.4) is 0 Å². The van der Waals surface area contributed by atoms with Gasteiger partial charge in [0.25, 0.3) is 5.91 Å². The molecule has 0 atom stereocenters. The second-order valence-corrected chi connectivity index (χ2v) is 7.29. The first-order valence-corrected chi connectivity index (χ1v) is 8.94. The van der Waals surface area contributed by atoms with E-state index in [4.69, 9.17) is 23.2 Å². The fourth-order valence-electron chi connectivity index (χ4n) is 2.42. The third kappa shape index (κ3) is 3.69. The first kappa shape index (κ1) is 17.1. The van der Waals surface area contributed by atoms with Crippen molar-refractivity contribution in [1.29, 1.82) is 0 Å². The normalized spacial score (nSPS) is 13.2. The number of carbonyl (C=O) groups excluding carboxylic acids is 2. The summed E-state index contributed by atoms with van der Waals surface area (Å²) in [5.74, 6) is 0.215. The Hall–Kier alpha value is -1.69. The molecule has 1 aliphatic heterocycles. The third-order valence-electron chi connectivity index (χ3n) is 3.61. The minimum absolute atomic E-state index is 0.0544. The van der Waals surface area contributed by atoms with E-state index in [2.05, 4.69) is 5.32 Å². The van der Waals surface area contributed by atoms with E-state index in [1.165, 1.54) is 11.8 Å². The van der Waals surface area contributed by atoms with Gasteiger partial charge in [-0.25, -0.2) is 0 Å². The van der Waals surface area contributed by atoms with Crippen molar-refractivity contribution in [3.63, 3.8) is 0 Å². The number of hydrogen-bond donors (Lipinski definition) is 1. The molecule has 1 aliphatic rings. The van der Waals surface area contributed by atoms with Gasteiger partial charge in [0.15, 0.2) is 0 Å². The Balaban J connectivity index is 1.77. The van der Waals surface area contributed by atoms with Gasteiger partial charge in [-0.3, -0.25) is 9.59 Å². The topological polar surface area (TPSA) is 49.4 Å². The maximum atomic E-state index is 12.6. The molecule has 2 aromatic rings. The summed E-state index contributed by atoms with van der Waals surface area (Å²) in [6.45, 7) is 0.411. The van der Waals surface area contributed by atoms with Crippen molar-refractivity contribution in [2.45, 2.75) is 11.4 Å². The molecule has 1 heterocycles. The highest BCUT2D eigenvalue weighted by Crippen LogP contribution is 2.32. The van der Waals surface area contributed by atoms with E-state index in [-0.39, 0.29) is 11.8 Å². The molecular weight excluding hydrogens is 367 g/mol. The van der Waals surface area contributed by atoms with Crippen LogP contribution in [0, 0.1) is 0 Å². The zero-order valence-electron chi connectivity index (χ0n) is 12.8. The van der Waals surface area contributed by atoms with Gasteiger partial charge in [-0.15, -0.1) is 11.8 Å². The zero-order chi connectivity index (χ0) is 17.3. The predicted molar refractivity (Wildman–Crippen MR) is 98.1 cm³/mol. The standard InChI is InChI=1S/C17H14Cl2N2O2S/c1-21(8-10-2-4-12(18)13(19)6-10)17(23)11-3-5-15-14(7-11)20-16(22)9-24-15/h2-7H,8-9H2,1H3,(H,20,22). The summed E-state index contributed by atoms with van der Waals surface area (Å²) in [7, 11) is 1.72. The average Bonchev–Trinajstić information content (AvgIpc) is 2.56. The van der Waals surface area contributed by atoms with Crippen molar-refractivity contribution < 1.29 is 9.59 Å². The molecule has 0 radical (unpaired) electrons. The summed E-state index contributed by atoms with van der Waals surface area (Å²) < 4.78 is 0. The predicted octanol–water partition coefficient (Wildman–Crippen LogP) is 4.31. The lowest BCUT2D eigenvalue weighted by Gasteiger charge is -2.20. The lowest BCUT2D eigenvalue weighted by molar-refractivity contribution is -0.113. The minimum Gasteiger partial charge on any atom is -0.337 e. The number of fused-ring (bicyclic) bond motifs is 1. The van der Waals surface area contributed by atoms with Gasteiger partial charge in [0.2, 0.25) is 5.91 Å². The Morgan fingerprint density at radius 2 is 2.00 bits per heavy atom. The number of amides is 2. The van der Waals surface area contributed by atoms with Gasteiger partial charge in [-0.05, 0) is 35.9 Å². The number of anilines is 1. The molecule has 4 nitrogen and oxygen atoms in total. The van der Waals surface area contributed by atoms with Gasteiger partial charge in [-0.2, -0.15) is 0 Å². The summed E-state index contributed by atoms with van der Waals surface area (Å²) in [6.07, 6.45) is 0. The Labute approximate surface area is 154 Å². The van der Waals surface area contributed by atoms with E-state index in [0.717, 1.165) is 10.5 Å². The number of nitrogens with one attached hydrogen (secondary N) is 1. The number of thioether (sulfide) groups is 1. The molecule has 7 heteroatoms. The Bertz CT molecular complexity index is 826. The summed E-state index contributed by atoms with van der Waals surface area (Å²) >= 11 is 13.4. The van der Waals surface area contributed by atoms with Crippen molar-refractivity contribution >= 4 is 52.5 Å². The van der Waals surface area contributed by atoms with Gasteiger partial charge in [-0.1, -0.05) is 29.3 Å². The molecule has 0 aromatic heterocycles. The smallest absolute Gasteiger partial charge is 0.253 e. The van der Waals surface area contributed by atoms with E-state index in [0.29, 0.717) is 33.6 Å². The molecule has 0 saturated heterocycles. The van der Waals surface area contributed by atoms with Crippen LogP contribution in [0.5, 0.6) is 0 Å². The number of nitrogens with zero attached hydrogens (tertiary/aromatic N) is 1. The molecule has 24 heavy (non-hydrogen) atoms. The molecule has 2 aromatic carbocycles. The SMILES string of the molecule is CN(Cc1ccc(Cl)c(Cl)c1)C(=O)c1ccc2c(c1)NC(=O)CS2. The minimum atomic E-state index is -0.131. The fourth-order valence-corrected chi connectivity index (χ4v) is 3.53. The number of carbonyl (C=O) groups is 2. The number of rotatable bonds is 3. The fraction of sp³-hybridized carbons (Fsp3) is 0.176. The monoisotopic (exact) mass is 380 g/mol. The molecule has 0 fully saturated rings. The molecule has 0 spiro atoms. The van der Waals surface area contributed by atoms with E-state index in [9.17, 15) is 9.59 Å². The average molecular weight is 381 g/mol. The van der Waals surface area contributed by atoms with E-state index >= 15 is 0 Å². The van der Waals surface area contributed by atoms with Crippen LogP contribution in [0.4, 0.5) is 5.69 Å². The molecule has 124 valence electrons. The highest BCUT2D eigenvalue weighted by molar-refractivity contribution is 8.00. The summed E-state index contributed by atoms with van der Waals surface area (Å²) in [6, 6.07) is 10.6. The van der Waals surface area contributed by atoms with E-state index in [1.54, 1.807) is 36.2 Å². The Kier molecular flexibility index (Phi) is 5.04. The number of halogens is 2. The van der Waals surface area contributed by atoms with Crippen molar-refractivity contribution in [3.05, 3.63) is 57.6 Å². The van der Waals surface area contributed by atoms with Crippen LogP contribution in [0.15, 0.2) is 41.3 Å². The molecule has 0 bridgehead atoms. The molecule has 2 amide bonds. The second-order valence-electron chi connectivity index (χ2n) is 5.46. The van der Waals surface area contributed by atoms with E-state index < -0.39 is 0 Å². The zero-order valence-corrected chi connectivity index (χ0v) is 15.1. The van der Waals surface area contributed by atoms with Crippen molar-refractivity contribution in [2.24, 2.45) is 0 Å². The highest BCUT2D eigenvalue weighted by Gasteiger charge is 2.19. The van der Waals surface area contributed by atoms with Gasteiger partial charge in [0.1, 0.15) is 0 Å². The van der Waals surface area contributed by atoms with Crippen LogP contribution >= 0.6 is 35.0 Å². The van der Waals surface area contributed by atoms with Crippen LogP contribution in [0.2, 0.25) is 10.0 Å². The van der Waals surface area contributed by atoms with Crippen LogP contribution in [0.1, 0.15) is 15.9 Å². The Morgan fingerprint density at radius 3 is 2.75 bits per heavy atom. The van der Waals surface area contributed by atoms with Crippen LogP contribution < -0.4 is 5.32 Å². The van der Waals surface area contributed by atoms with Crippen LogP contribution in [-0.2, 0) is 11.3 Å². The van der Waals surface area contributed by atoms with Gasteiger partial charge < -0.3 is 10.2 Å². The van der Waals surface area contributed by atoms with Gasteiger partial charge in [0.05, 0.1) is 21.5 Å².